The molecule has 0 N–H and O–H groups in total. The molecule has 0 aliphatic carbocycles. The van der Waals surface area contributed by atoms with Crippen LogP contribution in [0.15, 0.2) is 24.3 Å². The Kier molecular flexibility index (Phi) is 4.39. The van der Waals surface area contributed by atoms with Gasteiger partial charge < -0.3 is 9.80 Å². The third-order valence-electron chi connectivity index (χ3n) is 4.78. The molecule has 0 saturated carbocycles. The minimum absolute atomic E-state index is 0.0484. The largest absolute Gasteiger partial charge is 0.336 e. The Balaban J connectivity index is 1.64. The van der Waals surface area contributed by atoms with Crippen molar-refractivity contribution in [2.24, 2.45) is 0 Å². The second-order valence-corrected chi connectivity index (χ2v) is 6.55. The van der Waals surface area contributed by atoms with E-state index in [1.807, 2.05) is 36.1 Å². The van der Waals surface area contributed by atoms with Crippen molar-refractivity contribution in [2.45, 2.75) is 44.7 Å². The SMILES string of the molecule is C[C@@H]1C(=O)N2CCC[C@H]2CN1C(=O)CCc1ccccc1Cl. The van der Waals surface area contributed by atoms with Crippen molar-refractivity contribution >= 4 is 23.4 Å². The van der Waals surface area contributed by atoms with Crippen LogP contribution in [0.4, 0.5) is 0 Å². The molecule has 2 heterocycles. The number of amides is 2. The number of piperazine rings is 1. The van der Waals surface area contributed by atoms with E-state index in [0.717, 1.165) is 24.9 Å². The number of aryl methyl sites for hydroxylation is 1. The molecule has 22 heavy (non-hydrogen) atoms. The molecule has 0 spiro atoms. The van der Waals surface area contributed by atoms with E-state index in [1.165, 1.54) is 0 Å². The second kappa shape index (κ2) is 6.29. The molecule has 118 valence electrons. The zero-order chi connectivity index (χ0) is 15.7. The van der Waals surface area contributed by atoms with Crippen LogP contribution in [0.25, 0.3) is 0 Å². The predicted molar refractivity (Wildman–Crippen MR) is 85.7 cm³/mol. The standard InChI is InChI=1S/C17H21ClN2O2/c1-12-17(22)19-10-4-6-14(19)11-20(12)16(21)9-8-13-5-2-3-7-15(13)18/h2-3,5,7,12,14H,4,6,8-11H2,1H3/t12-,14+/m1/s1. The number of benzene rings is 1. The second-order valence-electron chi connectivity index (χ2n) is 6.14. The quantitative estimate of drug-likeness (QED) is 0.858. The number of nitrogens with zero attached hydrogens (tertiary/aromatic N) is 2. The monoisotopic (exact) mass is 320 g/mol. The van der Waals surface area contributed by atoms with Gasteiger partial charge in [0.25, 0.3) is 0 Å². The number of halogens is 1. The third-order valence-corrected chi connectivity index (χ3v) is 5.15. The van der Waals surface area contributed by atoms with Crippen LogP contribution in [0.5, 0.6) is 0 Å². The smallest absolute Gasteiger partial charge is 0.245 e. The number of carbonyl (C=O) groups excluding carboxylic acids is 2. The van der Waals surface area contributed by atoms with Crippen LogP contribution in [-0.2, 0) is 16.0 Å². The fraction of sp³-hybridized carbons (Fsp3) is 0.529. The van der Waals surface area contributed by atoms with Gasteiger partial charge in [-0.15, -0.1) is 0 Å². The van der Waals surface area contributed by atoms with Crippen molar-refractivity contribution < 1.29 is 9.59 Å². The van der Waals surface area contributed by atoms with Crippen molar-refractivity contribution in [3.8, 4) is 0 Å². The molecule has 0 aromatic heterocycles. The number of hydrogen-bond donors (Lipinski definition) is 0. The first kappa shape index (κ1) is 15.3. The van der Waals surface area contributed by atoms with Gasteiger partial charge in [0.2, 0.25) is 11.8 Å². The molecule has 3 rings (SSSR count). The summed E-state index contributed by atoms with van der Waals surface area (Å²) in [5.74, 6) is 0.146. The lowest BCUT2D eigenvalue weighted by atomic mass is 10.0. The molecule has 2 atom stereocenters. The Morgan fingerprint density at radius 3 is 2.91 bits per heavy atom. The average molecular weight is 321 g/mol. The van der Waals surface area contributed by atoms with Gasteiger partial charge in [-0.2, -0.15) is 0 Å². The average Bonchev–Trinajstić information content (AvgIpc) is 2.98. The van der Waals surface area contributed by atoms with E-state index >= 15 is 0 Å². The van der Waals surface area contributed by atoms with Gasteiger partial charge in [-0.3, -0.25) is 9.59 Å². The van der Waals surface area contributed by atoms with Crippen molar-refractivity contribution in [3.63, 3.8) is 0 Å². The van der Waals surface area contributed by atoms with E-state index in [0.29, 0.717) is 24.4 Å². The summed E-state index contributed by atoms with van der Waals surface area (Å²) >= 11 is 6.13. The molecule has 1 aromatic carbocycles. The Bertz CT molecular complexity index is 590. The highest BCUT2D eigenvalue weighted by Crippen LogP contribution is 2.26. The van der Waals surface area contributed by atoms with E-state index in [1.54, 1.807) is 4.90 Å². The van der Waals surface area contributed by atoms with Gasteiger partial charge in [0.05, 0.1) is 0 Å². The third kappa shape index (κ3) is 2.84. The van der Waals surface area contributed by atoms with Gasteiger partial charge >= 0.3 is 0 Å². The predicted octanol–water partition coefficient (Wildman–Crippen LogP) is 2.49. The lowest BCUT2D eigenvalue weighted by Crippen LogP contribution is -2.60. The van der Waals surface area contributed by atoms with Gasteiger partial charge in [-0.05, 0) is 37.8 Å². The van der Waals surface area contributed by atoms with Crippen LogP contribution in [0.2, 0.25) is 5.02 Å². The van der Waals surface area contributed by atoms with Gasteiger partial charge in [0.15, 0.2) is 0 Å². The van der Waals surface area contributed by atoms with Gasteiger partial charge in [0.1, 0.15) is 6.04 Å². The summed E-state index contributed by atoms with van der Waals surface area (Å²) in [6, 6.07) is 7.47. The number of carbonyl (C=O) groups is 2. The molecule has 0 bridgehead atoms. The molecule has 2 aliphatic heterocycles. The van der Waals surface area contributed by atoms with Crippen LogP contribution >= 0.6 is 11.6 Å². The minimum Gasteiger partial charge on any atom is -0.336 e. The maximum absolute atomic E-state index is 12.5. The van der Waals surface area contributed by atoms with E-state index in [2.05, 4.69) is 0 Å². The highest BCUT2D eigenvalue weighted by molar-refractivity contribution is 6.31. The molecule has 5 heteroatoms. The summed E-state index contributed by atoms with van der Waals surface area (Å²) in [5, 5.41) is 0.694. The summed E-state index contributed by atoms with van der Waals surface area (Å²) in [4.78, 5) is 28.6. The van der Waals surface area contributed by atoms with Crippen molar-refractivity contribution in [2.75, 3.05) is 13.1 Å². The topological polar surface area (TPSA) is 40.6 Å². The maximum atomic E-state index is 12.5. The first-order valence-corrected chi connectivity index (χ1v) is 8.29. The van der Waals surface area contributed by atoms with Crippen LogP contribution in [0.3, 0.4) is 0 Å². The molecule has 2 amide bonds. The number of hydrogen-bond acceptors (Lipinski definition) is 2. The van der Waals surface area contributed by atoms with E-state index in [4.69, 9.17) is 11.6 Å². The van der Waals surface area contributed by atoms with Crippen LogP contribution in [0, 0.1) is 0 Å². The summed E-state index contributed by atoms with van der Waals surface area (Å²) < 4.78 is 0. The number of fused-ring (bicyclic) bond motifs is 1. The lowest BCUT2D eigenvalue weighted by molar-refractivity contribution is -0.152. The van der Waals surface area contributed by atoms with Crippen molar-refractivity contribution in [1.82, 2.24) is 9.80 Å². The molecule has 2 aliphatic rings. The molecule has 2 fully saturated rings. The molecule has 2 saturated heterocycles. The van der Waals surface area contributed by atoms with Crippen molar-refractivity contribution in [3.05, 3.63) is 34.9 Å². The van der Waals surface area contributed by atoms with E-state index in [-0.39, 0.29) is 23.9 Å². The Labute approximate surface area is 136 Å². The fourth-order valence-electron chi connectivity index (χ4n) is 3.48. The Morgan fingerprint density at radius 1 is 1.36 bits per heavy atom. The maximum Gasteiger partial charge on any atom is 0.245 e. The number of rotatable bonds is 3. The lowest BCUT2D eigenvalue weighted by Gasteiger charge is -2.41. The first-order chi connectivity index (χ1) is 10.6. The normalized spacial score (nSPS) is 24.5. The van der Waals surface area contributed by atoms with Gasteiger partial charge in [0, 0.05) is 30.6 Å². The van der Waals surface area contributed by atoms with Gasteiger partial charge in [-0.25, -0.2) is 0 Å². The van der Waals surface area contributed by atoms with E-state index in [9.17, 15) is 9.59 Å². The summed E-state index contributed by atoms with van der Waals surface area (Å²) in [7, 11) is 0. The molecule has 0 radical (unpaired) electrons. The highest BCUT2D eigenvalue weighted by atomic mass is 35.5. The fourth-order valence-corrected chi connectivity index (χ4v) is 3.71. The summed E-state index contributed by atoms with van der Waals surface area (Å²) in [6.07, 6.45) is 3.07. The Morgan fingerprint density at radius 2 is 2.14 bits per heavy atom. The van der Waals surface area contributed by atoms with Crippen LogP contribution in [0.1, 0.15) is 31.7 Å². The van der Waals surface area contributed by atoms with E-state index < -0.39 is 0 Å². The minimum atomic E-state index is -0.340. The zero-order valence-electron chi connectivity index (χ0n) is 12.8. The van der Waals surface area contributed by atoms with Gasteiger partial charge in [-0.1, -0.05) is 29.8 Å². The zero-order valence-corrected chi connectivity index (χ0v) is 13.6. The van der Waals surface area contributed by atoms with Crippen LogP contribution < -0.4 is 0 Å². The summed E-state index contributed by atoms with van der Waals surface area (Å²) in [6.45, 7) is 3.36. The Hall–Kier alpha value is -1.55. The van der Waals surface area contributed by atoms with Crippen LogP contribution in [-0.4, -0.2) is 46.8 Å². The highest BCUT2D eigenvalue weighted by Gasteiger charge is 2.41. The molecular formula is C17H21ClN2O2. The summed E-state index contributed by atoms with van der Waals surface area (Å²) in [5.41, 5.74) is 0.982. The van der Waals surface area contributed by atoms with Crippen molar-refractivity contribution in [1.29, 1.82) is 0 Å². The first-order valence-electron chi connectivity index (χ1n) is 7.91. The molecule has 1 aromatic rings. The molecule has 4 nitrogen and oxygen atoms in total. The molecular weight excluding hydrogens is 300 g/mol. The molecule has 0 unspecified atom stereocenters.